The van der Waals surface area contributed by atoms with Crippen molar-refractivity contribution in [2.45, 2.75) is 32.7 Å². The Labute approximate surface area is 144 Å². The maximum absolute atomic E-state index is 12.4. The number of anilines is 1. The predicted octanol–water partition coefficient (Wildman–Crippen LogP) is 1.07. The number of rotatable bonds is 6. The van der Waals surface area contributed by atoms with Crippen molar-refractivity contribution in [2.75, 3.05) is 38.0 Å². The molecule has 0 aromatic heterocycles. The molecule has 2 rings (SSSR count). The molecule has 132 valence electrons. The van der Waals surface area contributed by atoms with Gasteiger partial charge in [0.25, 0.3) is 0 Å². The average Bonchev–Trinajstić information content (AvgIpc) is 2.56. The zero-order chi connectivity index (χ0) is 17.5. The van der Waals surface area contributed by atoms with E-state index in [0.29, 0.717) is 12.8 Å². The summed E-state index contributed by atoms with van der Waals surface area (Å²) in [4.78, 5) is 28.3. The molecule has 0 spiro atoms. The molecule has 24 heavy (non-hydrogen) atoms. The number of amides is 2. The van der Waals surface area contributed by atoms with Crippen molar-refractivity contribution in [1.29, 1.82) is 0 Å². The molecule has 2 amide bonds. The highest BCUT2D eigenvalue weighted by atomic mass is 16.2. The van der Waals surface area contributed by atoms with Gasteiger partial charge in [0.1, 0.15) is 0 Å². The van der Waals surface area contributed by atoms with Crippen molar-refractivity contribution in [3.05, 3.63) is 29.8 Å². The summed E-state index contributed by atoms with van der Waals surface area (Å²) >= 11 is 0. The highest BCUT2D eigenvalue weighted by Crippen LogP contribution is 2.12. The van der Waals surface area contributed by atoms with E-state index in [4.69, 9.17) is 5.73 Å². The minimum atomic E-state index is -0.157. The Hall–Kier alpha value is -1.92. The number of piperazine rings is 1. The number of nitrogens with two attached hydrogens (primary N) is 1. The van der Waals surface area contributed by atoms with Gasteiger partial charge < -0.3 is 20.9 Å². The molecule has 1 saturated heterocycles. The zero-order valence-electron chi connectivity index (χ0n) is 14.6. The molecule has 1 atom stereocenters. The minimum Gasteiger partial charge on any atom is -0.340 e. The lowest BCUT2D eigenvalue weighted by Crippen LogP contribution is -2.48. The van der Waals surface area contributed by atoms with Crippen molar-refractivity contribution in [3.8, 4) is 0 Å². The van der Waals surface area contributed by atoms with Crippen LogP contribution in [0, 0.1) is 0 Å². The summed E-state index contributed by atoms with van der Waals surface area (Å²) in [5.41, 5.74) is 7.30. The van der Waals surface area contributed by atoms with Crippen molar-refractivity contribution >= 4 is 17.5 Å². The second-order valence-corrected chi connectivity index (χ2v) is 6.42. The number of likely N-dealkylation sites (N-methyl/N-ethyl adjacent to an activating group) is 1. The van der Waals surface area contributed by atoms with Crippen LogP contribution in [0.4, 0.5) is 5.69 Å². The largest absolute Gasteiger partial charge is 0.340 e. The van der Waals surface area contributed by atoms with E-state index in [1.165, 1.54) is 0 Å². The zero-order valence-corrected chi connectivity index (χ0v) is 14.6. The van der Waals surface area contributed by atoms with Gasteiger partial charge in [-0.05, 0) is 31.2 Å². The average molecular weight is 332 g/mol. The van der Waals surface area contributed by atoms with Crippen molar-refractivity contribution in [2.24, 2.45) is 5.73 Å². The number of hydrogen-bond acceptors (Lipinski definition) is 4. The van der Waals surface area contributed by atoms with Gasteiger partial charge in [-0.25, -0.2) is 0 Å². The van der Waals surface area contributed by atoms with E-state index in [0.717, 1.165) is 44.0 Å². The van der Waals surface area contributed by atoms with Crippen LogP contribution in [0.2, 0.25) is 0 Å². The molecule has 6 nitrogen and oxygen atoms in total. The van der Waals surface area contributed by atoms with Gasteiger partial charge in [0.15, 0.2) is 0 Å². The van der Waals surface area contributed by atoms with E-state index in [1.54, 1.807) is 6.92 Å². The SMILES string of the molecule is CCN1CCN(C(=O)Cc2ccc(NC(=O)CC(C)N)cc2)CC1. The fraction of sp³-hybridized carbons (Fsp3) is 0.556. The molecular weight excluding hydrogens is 304 g/mol. The maximum atomic E-state index is 12.4. The maximum Gasteiger partial charge on any atom is 0.227 e. The summed E-state index contributed by atoms with van der Waals surface area (Å²) < 4.78 is 0. The van der Waals surface area contributed by atoms with Gasteiger partial charge >= 0.3 is 0 Å². The minimum absolute atomic E-state index is 0.0948. The smallest absolute Gasteiger partial charge is 0.227 e. The van der Waals surface area contributed by atoms with Crippen LogP contribution in [0.1, 0.15) is 25.8 Å². The second kappa shape index (κ2) is 8.80. The Kier molecular flexibility index (Phi) is 6.75. The fourth-order valence-corrected chi connectivity index (χ4v) is 2.81. The summed E-state index contributed by atoms with van der Waals surface area (Å²) in [5.74, 6) is 0.0714. The van der Waals surface area contributed by atoms with Gasteiger partial charge in [-0.1, -0.05) is 19.1 Å². The van der Waals surface area contributed by atoms with Crippen LogP contribution in [0.25, 0.3) is 0 Å². The Balaban J connectivity index is 1.83. The van der Waals surface area contributed by atoms with Crippen LogP contribution >= 0.6 is 0 Å². The topological polar surface area (TPSA) is 78.7 Å². The number of nitrogens with zero attached hydrogens (tertiary/aromatic N) is 2. The Morgan fingerprint density at radius 1 is 1.17 bits per heavy atom. The molecule has 0 bridgehead atoms. The van der Waals surface area contributed by atoms with Crippen LogP contribution in [0.5, 0.6) is 0 Å². The molecule has 3 N–H and O–H groups in total. The number of hydrogen-bond donors (Lipinski definition) is 2. The lowest BCUT2D eigenvalue weighted by atomic mass is 10.1. The van der Waals surface area contributed by atoms with Crippen LogP contribution < -0.4 is 11.1 Å². The normalized spacial score (nSPS) is 16.7. The molecule has 0 radical (unpaired) electrons. The van der Waals surface area contributed by atoms with Gasteiger partial charge in [-0.3, -0.25) is 9.59 Å². The monoisotopic (exact) mass is 332 g/mol. The molecule has 1 aliphatic rings. The van der Waals surface area contributed by atoms with Crippen molar-refractivity contribution < 1.29 is 9.59 Å². The third-order valence-electron chi connectivity index (χ3n) is 4.27. The number of benzene rings is 1. The van der Waals surface area contributed by atoms with Crippen LogP contribution in [-0.2, 0) is 16.0 Å². The van der Waals surface area contributed by atoms with Crippen molar-refractivity contribution in [3.63, 3.8) is 0 Å². The third kappa shape index (κ3) is 5.62. The lowest BCUT2D eigenvalue weighted by molar-refractivity contribution is -0.132. The van der Waals surface area contributed by atoms with E-state index < -0.39 is 0 Å². The van der Waals surface area contributed by atoms with E-state index in [1.807, 2.05) is 29.2 Å². The van der Waals surface area contributed by atoms with Crippen LogP contribution in [0.15, 0.2) is 24.3 Å². The quantitative estimate of drug-likeness (QED) is 0.817. The first-order valence-corrected chi connectivity index (χ1v) is 8.62. The molecule has 0 aliphatic carbocycles. The molecule has 1 aromatic rings. The number of carbonyl (C=O) groups is 2. The lowest BCUT2D eigenvalue weighted by Gasteiger charge is -2.34. The predicted molar refractivity (Wildman–Crippen MR) is 95.7 cm³/mol. The number of carbonyl (C=O) groups excluding carboxylic acids is 2. The van der Waals surface area contributed by atoms with E-state index in [2.05, 4.69) is 17.1 Å². The molecule has 1 unspecified atom stereocenters. The third-order valence-corrected chi connectivity index (χ3v) is 4.27. The van der Waals surface area contributed by atoms with E-state index >= 15 is 0 Å². The standard InChI is InChI=1S/C18H28N4O2/c1-3-21-8-10-22(11-9-21)18(24)13-15-4-6-16(7-5-15)20-17(23)12-14(2)19/h4-7,14H,3,8-13,19H2,1-2H3,(H,20,23). The molecule has 1 aliphatic heterocycles. The van der Waals surface area contributed by atoms with Crippen LogP contribution in [0.3, 0.4) is 0 Å². The van der Waals surface area contributed by atoms with Gasteiger partial charge in [-0.15, -0.1) is 0 Å². The Bertz CT molecular complexity index is 549. The first kappa shape index (κ1) is 18.4. The molecule has 0 saturated carbocycles. The molecule has 1 aromatic carbocycles. The summed E-state index contributed by atoms with van der Waals surface area (Å²) in [6, 6.07) is 7.28. The van der Waals surface area contributed by atoms with Gasteiger partial charge in [0, 0.05) is 44.3 Å². The Morgan fingerprint density at radius 2 is 1.79 bits per heavy atom. The van der Waals surface area contributed by atoms with Crippen LogP contribution in [-0.4, -0.2) is 60.4 Å². The van der Waals surface area contributed by atoms with Gasteiger partial charge in [0.2, 0.25) is 11.8 Å². The first-order valence-electron chi connectivity index (χ1n) is 8.62. The Morgan fingerprint density at radius 3 is 2.33 bits per heavy atom. The number of nitrogens with one attached hydrogen (secondary N) is 1. The fourth-order valence-electron chi connectivity index (χ4n) is 2.81. The molecule has 1 fully saturated rings. The highest BCUT2D eigenvalue weighted by Gasteiger charge is 2.20. The van der Waals surface area contributed by atoms with Crippen molar-refractivity contribution in [1.82, 2.24) is 9.80 Å². The van der Waals surface area contributed by atoms with Gasteiger partial charge in [-0.2, -0.15) is 0 Å². The summed E-state index contributed by atoms with van der Waals surface area (Å²) in [7, 11) is 0. The molecule has 6 heteroatoms. The summed E-state index contributed by atoms with van der Waals surface area (Å²) in [6.45, 7) is 8.49. The molecular formula is C18H28N4O2. The molecule has 1 heterocycles. The first-order chi connectivity index (χ1) is 11.5. The van der Waals surface area contributed by atoms with E-state index in [9.17, 15) is 9.59 Å². The highest BCUT2D eigenvalue weighted by molar-refractivity contribution is 5.91. The van der Waals surface area contributed by atoms with E-state index in [-0.39, 0.29) is 17.9 Å². The second-order valence-electron chi connectivity index (χ2n) is 6.42. The summed E-state index contributed by atoms with van der Waals surface area (Å²) in [6.07, 6.45) is 0.699. The summed E-state index contributed by atoms with van der Waals surface area (Å²) in [5, 5.41) is 2.81. The van der Waals surface area contributed by atoms with Gasteiger partial charge in [0.05, 0.1) is 6.42 Å².